The summed E-state index contributed by atoms with van der Waals surface area (Å²) in [6, 6.07) is 6.46. The second-order valence-electron chi connectivity index (χ2n) is 7.06. The Bertz CT molecular complexity index is 780. The molecule has 25 heavy (non-hydrogen) atoms. The smallest absolute Gasteiger partial charge is 0.237 e. The average Bonchev–Trinajstić information content (AvgIpc) is 3.21. The van der Waals surface area contributed by atoms with Crippen molar-refractivity contribution in [1.29, 1.82) is 0 Å². The number of carbonyl (C=O) groups excluding carboxylic acids is 1. The molecule has 1 N–H and O–H groups in total. The fourth-order valence-electron chi connectivity index (χ4n) is 3.70. The first-order chi connectivity index (χ1) is 12.1. The largest absolute Gasteiger partial charge is 0.358 e. The standard InChI is InChI=1S/C19H25N3O3/c1-13-3-4-16-14(9-13)15-10-22(6-5-17(15)20-16)18(23)11-21(2)12-19-24-7-8-25-19/h3-4,9,19-20H,5-8,10-12H2,1-2H3. The van der Waals surface area contributed by atoms with Crippen molar-refractivity contribution in [3.05, 3.63) is 35.0 Å². The van der Waals surface area contributed by atoms with Gasteiger partial charge >= 0.3 is 0 Å². The quantitative estimate of drug-likeness (QED) is 0.917. The second kappa shape index (κ2) is 6.78. The zero-order valence-electron chi connectivity index (χ0n) is 14.9. The maximum atomic E-state index is 12.7. The summed E-state index contributed by atoms with van der Waals surface area (Å²) in [5, 5.41) is 1.24. The highest BCUT2D eigenvalue weighted by atomic mass is 16.7. The predicted molar refractivity (Wildman–Crippen MR) is 95.3 cm³/mol. The molecule has 0 atom stereocenters. The molecule has 0 bridgehead atoms. The number of hydrogen-bond donors (Lipinski definition) is 1. The van der Waals surface area contributed by atoms with Crippen molar-refractivity contribution in [2.75, 3.05) is 39.9 Å². The Balaban J connectivity index is 1.43. The average molecular weight is 343 g/mol. The molecule has 1 amide bonds. The fourth-order valence-corrected chi connectivity index (χ4v) is 3.70. The summed E-state index contributed by atoms with van der Waals surface area (Å²) in [6.45, 7) is 5.84. The molecule has 2 aliphatic heterocycles. The number of amides is 1. The van der Waals surface area contributed by atoms with E-state index >= 15 is 0 Å². The SMILES string of the molecule is Cc1ccc2[nH]c3c(c2c1)CN(C(=O)CN(C)CC1OCCO1)CC3. The van der Waals surface area contributed by atoms with Gasteiger partial charge in [0.2, 0.25) is 5.91 Å². The van der Waals surface area contributed by atoms with Crippen LogP contribution in [0.3, 0.4) is 0 Å². The zero-order valence-corrected chi connectivity index (χ0v) is 14.9. The highest BCUT2D eigenvalue weighted by Gasteiger charge is 2.26. The Morgan fingerprint density at radius 3 is 2.96 bits per heavy atom. The van der Waals surface area contributed by atoms with Gasteiger partial charge in [-0.1, -0.05) is 11.6 Å². The molecule has 6 heteroatoms. The van der Waals surface area contributed by atoms with Gasteiger partial charge in [0.1, 0.15) is 0 Å². The summed E-state index contributed by atoms with van der Waals surface area (Å²) in [6.07, 6.45) is 0.676. The summed E-state index contributed by atoms with van der Waals surface area (Å²) >= 11 is 0. The van der Waals surface area contributed by atoms with Gasteiger partial charge in [-0.15, -0.1) is 0 Å². The molecule has 0 aliphatic carbocycles. The number of fused-ring (bicyclic) bond motifs is 3. The van der Waals surface area contributed by atoms with E-state index in [4.69, 9.17) is 9.47 Å². The normalized spacial score (nSPS) is 18.3. The van der Waals surface area contributed by atoms with Crippen LogP contribution in [0.5, 0.6) is 0 Å². The number of ether oxygens (including phenoxy) is 2. The third-order valence-electron chi connectivity index (χ3n) is 5.04. The highest BCUT2D eigenvalue weighted by molar-refractivity contribution is 5.87. The molecule has 0 unspecified atom stereocenters. The number of carbonyl (C=O) groups is 1. The third kappa shape index (κ3) is 3.42. The van der Waals surface area contributed by atoms with E-state index in [1.807, 2.05) is 16.8 Å². The number of nitrogens with one attached hydrogen (secondary N) is 1. The molecule has 0 saturated carbocycles. The molecular formula is C19H25N3O3. The first-order valence-corrected chi connectivity index (χ1v) is 8.90. The summed E-state index contributed by atoms with van der Waals surface area (Å²) in [5.41, 5.74) is 4.95. The Morgan fingerprint density at radius 2 is 2.16 bits per heavy atom. The van der Waals surface area contributed by atoms with Crippen LogP contribution in [0.25, 0.3) is 10.9 Å². The Hall–Kier alpha value is -1.89. The number of aromatic amines is 1. The van der Waals surface area contributed by atoms with Gasteiger partial charge in [0.05, 0.1) is 19.8 Å². The monoisotopic (exact) mass is 343 g/mol. The molecule has 134 valence electrons. The Labute approximate surface area is 147 Å². The molecule has 1 aromatic heterocycles. The van der Waals surface area contributed by atoms with Crippen molar-refractivity contribution in [3.63, 3.8) is 0 Å². The van der Waals surface area contributed by atoms with Gasteiger partial charge in [-0.25, -0.2) is 0 Å². The lowest BCUT2D eigenvalue weighted by Crippen LogP contribution is -2.43. The lowest BCUT2D eigenvalue weighted by atomic mass is 10.0. The molecular weight excluding hydrogens is 318 g/mol. The molecule has 2 aliphatic rings. The molecule has 4 rings (SSSR count). The molecule has 2 aromatic rings. The molecule has 3 heterocycles. The minimum Gasteiger partial charge on any atom is -0.358 e. The third-order valence-corrected chi connectivity index (χ3v) is 5.04. The summed E-state index contributed by atoms with van der Waals surface area (Å²) < 4.78 is 10.9. The first-order valence-electron chi connectivity index (χ1n) is 8.90. The number of likely N-dealkylation sites (N-methyl/N-ethyl adjacent to an activating group) is 1. The number of nitrogens with zero attached hydrogens (tertiary/aromatic N) is 2. The van der Waals surface area contributed by atoms with Crippen LogP contribution in [-0.2, 0) is 27.2 Å². The minimum atomic E-state index is -0.206. The predicted octanol–water partition coefficient (Wildman–Crippen LogP) is 1.67. The van der Waals surface area contributed by atoms with E-state index in [1.165, 1.54) is 22.2 Å². The zero-order chi connectivity index (χ0) is 17.4. The number of aromatic nitrogens is 1. The Morgan fingerprint density at radius 1 is 1.36 bits per heavy atom. The van der Waals surface area contributed by atoms with Gasteiger partial charge in [-0.05, 0) is 26.1 Å². The van der Waals surface area contributed by atoms with Crippen LogP contribution in [0.1, 0.15) is 16.8 Å². The van der Waals surface area contributed by atoms with Crippen LogP contribution in [0.2, 0.25) is 0 Å². The second-order valence-corrected chi connectivity index (χ2v) is 7.06. The minimum absolute atomic E-state index is 0.160. The molecule has 1 aromatic carbocycles. The van der Waals surface area contributed by atoms with Gasteiger partial charge in [-0.3, -0.25) is 9.69 Å². The maximum absolute atomic E-state index is 12.7. The van der Waals surface area contributed by atoms with E-state index in [-0.39, 0.29) is 12.2 Å². The van der Waals surface area contributed by atoms with E-state index in [2.05, 4.69) is 30.1 Å². The van der Waals surface area contributed by atoms with Crippen molar-refractivity contribution >= 4 is 16.8 Å². The summed E-state index contributed by atoms with van der Waals surface area (Å²) in [5.74, 6) is 0.160. The van der Waals surface area contributed by atoms with Gasteiger partial charge in [-0.2, -0.15) is 0 Å². The van der Waals surface area contributed by atoms with Crippen LogP contribution < -0.4 is 0 Å². The van der Waals surface area contributed by atoms with Gasteiger partial charge < -0.3 is 19.4 Å². The van der Waals surface area contributed by atoms with Crippen molar-refractivity contribution in [1.82, 2.24) is 14.8 Å². The van der Waals surface area contributed by atoms with Crippen molar-refractivity contribution in [2.45, 2.75) is 26.2 Å². The van der Waals surface area contributed by atoms with E-state index in [0.29, 0.717) is 32.8 Å². The molecule has 0 radical (unpaired) electrons. The Kier molecular flexibility index (Phi) is 4.50. The van der Waals surface area contributed by atoms with Crippen molar-refractivity contribution in [3.8, 4) is 0 Å². The van der Waals surface area contributed by atoms with Crippen LogP contribution in [-0.4, -0.2) is 66.9 Å². The number of H-pyrrole nitrogens is 1. The molecule has 0 spiro atoms. The molecule has 6 nitrogen and oxygen atoms in total. The number of benzene rings is 1. The van der Waals surface area contributed by atoms with Gasteiger partial charge in [0.15, 0.2) is 6.29 Å². The lowest BCUT2D eigenvalue weighted by Gasteiger charge is -2.29. The summed E-state index contributed by atoms with van der Waals surface area (Å²) in [4.78, 5) is 20.2. The summed E-state index contributed by atoms with van der Waals surface area (Å²) in [7, 11) is 1.94. The van der Waals surface area contributed by atoms with E-state index in [9.17, 15) is 4.79 Å². The first kappa shape index (κ1) is 16.6. The van der Waals surface area contributed by atoms with Crippen LogP contribution in [0.4, 0.5) is 0 Å². The fraction of sp³-hybridized carbons (Fsp3) is 0.526. The van der Waals surface area contributed by atoms with Crippen LogP contribution >= 0.6 is 0 Å². The van der Waals surface area contributed by atoms with Crippen molar-refractivity contribution < 1.29 is 14.3 Å². The van der Waals surface area contributed by atoms with Gasteiger partial charge in [0.25, 0.3) is 0 Å². The van der Waals surface area contributed by atoms with Crippen LogP contribution in [0.15, 0.2) is 18.2 Å². The van der Waals surface area contributed by atoms with E-state index in [0.717, 1.165) is 18.5 Å². The highest BCUT2D eigenvalue weighted by Crippen LogP contribution is 2.28. The van der Waals surface area contributed by atoms with E-state index in [1.54, 1.807) is 0 Å². The van der Waals surface area contributed by atoms with Crippen molar-refractivity contribution in [2.24, 2.45) is 0 Å². The number of hydrogen-bond acceptors (Lipinski definition) is 4. The van der Waals surface area contributed by atoms with E-state index < -0.39 is 0 Å². The lowest BCUT2D eigenvalue weighted by molar-refractivity contribution is -0.134. The number of aryl methyl sites for hydroxylation is 1. The molecule has 1 saturated heterocycles. The number of rotatable bonds is 4. The van der Waals surface area contributed by atoms with Crippen LogP contribution in [0, 0.1) is 6.92 Å². The van der Waals surface area contributed by atoms with Gasteiger partial charge in [0, 0.05) is 48.2 Å². The topological polar surface area (TPSA) is 57.8 Å². The molecule has 1 fully saturated rings. The maximum Gasteiger partial charge on any atom is 0.237 e.